The van der Waals surface area contributed by atoms with Gasteiger partial charge in [-0.1, -0.05) is 66.2 Å². The Morgan fingerprint density at radius 2 is 1.85 bits per heavy atom. The molecule has 5 rings (SSSR count). The fraction of sp³-hybridized carbons (Fsp3) is 0.185. The number of ether oxygens (including phenoxy) is 1. The van der Waals surface area contributed by atoms with Crippen molar-refractivity contribution in [1.82, 2.24) is 21.3 Å². The van der Waals surface area contributed by atoms with Crippen LogP contribution in [0.1, 0.15) is 34.7 Å². The van der Waals surface area contributed by atoms with Gasteiger partial charge in [-0.3, -0.25) is 4.79 Å². The van der Waals surface area contributed by atoms with E-state index in [-0.39, 0.29) is 11.9 Å². The van der Waals surface area contributed by atoms with Crippen LogP contribution in [0.5, 0.6) is 5.75 Å². The summed E-state index contributed by atoms with van der Waals surface area (Å²) in [5.41, 5.74) is 14.3. The molecule has 4 N–H and O–H groups in total. The Bertz CT molecular complexity index is 1310. The molecule has 34 heavy (non-hydrogen) atoms. The summed E-state index contributed by atoms with van der Waals surface area (Å²) in [5, 5.41) is 5.21. The maximum Gasteiger partial charge on any atom is 0.258 e. The number of hydrogen-bond acceptors (Lipinski definition) is 5. The molecule has 1 aliphatic heterocycles. The summed E-state index contributed by atoms with van der Waals surface area (Å²) in [5.74, 6) is 0.616. The Morgan fingerprint density at radius 3 is 2.74 bits per heavy atom. The molecule has 172 valence electrons. The van der Waals surface area contributed by atoms with Crippen molar-refractivity contribution in [2.45, 2.75) is 32.0 Å². The van der Waals surface area contributed by atoms with E-state index in [0.29, 0.717) is 13.0 Å². The van der Waals surface area contributed by atoms with Crippen LogP contribution in [0.2, 0.25) is 0 Å². The van der Waals surface area contributed by atoms with Crippen LogP contribution in [0.15, 0.2) is 84.1 Å². The SMILES string of the molecule is Cc1ccc(COc2ccccc2C2CC(C(=O)N/N=C\c3c[nH]c4ccccc34)NN2)cc1. The highest BCUT2D eigenvalue weighted by Crippen LogP contribution is 2.30. The molecule has 0 spiro atoms. The number of aryl methyl sites for hydroxylation is 1. The van der Waals surface area contributed by atoms with Crippen molar-refractivity contribution in [3.63, 3.8) is 0 Å². The summed E-state index contributed by atoms with van der Waals surface area (Å²) in [6.07, 6.45) is 4.11. The average molecular weight is 454 g/mol. The standard InChI is InChI=1S/C27H27N5O2/c1-18-10-12-19(13-11-18)17-34-26-9-5-3-7-22(26)24-14-25(31-30-24)27(33)32-29-16-20-15-28-23-8-4-2-6-21(20)23/h2-13,15-16,24-25,28,30-31H,14,17H2,1H3,(H,32,33)/b29-16-. The number of nitrogens with one attached hydrogen (secondary N) is 4. The highest BCUT2D eigenvalue weighted by molar-refractivity contribution is 5.99. The molecule has 1 fully saturated rings. The van der Waals surface area contributed by atoms with E-state index in [1.165, 1.54) is 5.56 Å². The van der Waals surface area contributed by atoms with Gasteiger partial charge in [-0.15, -0.1) is 0 Å². The normalized spacial score (nSPS) is 17.9. The molecule has 2 heterocycles. The number of nitrogens with zero attached hydrogens (tertiary/aromatic N) is 1. The van der Waals surface area contributed by atoms with E-state index in [9.17, 15) is 4.79 Å². The van der Waals surface area contributed by atoms with E-state index in [1.54, 1.807) is 6.21 Å². The summed E-state index contributed by atoms with van der Waals surface area (Å²) >= 11 is 0. The first-order valence-electron chi connectivity index (χ1n) is 11.3. The molecule has 0 aliphatic carbocycles. The molecule has 1 aromatic heterocycles. The van der Waals surface area contributed by atoms with Crippen molar-refractivity contribution < 1.29 is 9.53 Å². The van der Waals surface area contributed by atoms with Crippen LogP contribution in [0.4, 0.5) is 0 Å². The molecular weight excluding hydrogens is 426 g/mol. The Kier molecular flexibility index (Phi) is 6.38. The van der Waals surface area contributed by atoms with Crippen molar-refractivity contribution in [3.05, 3.63) is 101 Å². The number of para-hydroxylation sites is 2. The molecule has 4 aromatic rings. The molecule has 0 radical (unpaired) electrons. The van der Waals surface area contributed by atoms with Gasteiger partial charge in [-0.25, -0.2) is 16.3 Å². The van der Waals surface area contributed by atoms with Crippen molar-refractivity contribution in [2.75, 3.05) is 0 Å². The first kappa shape index (κ1) is 21.9. The van der Waals surface area contributed by atoms with Crippen molar-refractivity contribution in [1.29, 1.82) is 0 Å². The average Bonchev–Trinajstić information content (AvgIpc) is 3.52. The van der Waals surface area contributed by atoms with Gasteiger partial charge in [-0.2, -0.15) is 5.10 Å². The maximum absolute atomic E-state index is 12.7. The highest BCUT2D eigenvalue weighted by atomic mass is 16.5. The minimum atomic E-state index is -0.407. The fourth-order valence-electron chi connectivity index (χ4n) is 4.12. The van der Waals surface area contributed by atoms with Crippen molar-refractivity contribution in [3.8, 4) is 5.75 Å². The van der Waals surface area contributed by atoms with E-state index < -0.39 is 6.04 Å². The maximum atomic E-state index is 12.7. The number of aromatic amines is 1. The van der Waals surface area contributed by atoms with E-state index in [2.05, 4.69) is 57.6 Å². The molecule has 0 bridgehead atoms. The number of benzene rings is 3. The largest absolute Gasteiger partial charge is 0.489 e. The molecule has 2 unspecified atom stereocenters. The number of carbonyl (C=O) groups excluding carboxylic acids is 1. The predicted octanol–water partition coefficient (Wildman–Crippen LogP) is 4.11. The third-order valence-electron chi connectivity index (χ3n) is 6.03. The second kappa shape index (κ2) is 9.91. The second-order valence-corrected chi connectivity index (χ2v) is 8.47. The first-order chi connectivity index (χ1) is 16.7. The number of hydrazone groups is 1. The number of amides is 1. The number of hydrogen-bond donors (Lipinski definition) is 4. The minimum Gasteiger partial charge on any atom is -0.489 e. The number of carbonyl (C=O) groups is 1. The molecule has 0 saturated carbocycles. The molecular formula is C27H27N5O2. The van der Waals surface area contributed by atoms with Crippen LogP contribution in [-0.2, 0) is 11.4 Å². The van der Waals surface area contributed by atoms with Gasteiger partial charge < -0.3 is 9.72 Å². The second-order valence-electron chi connectivity index (χ2n) is 8.47. The first-order valence-corrected chi connectivity index (χ1v) is 11.3. The van der Waals surface area contributed by atoms with Gasteiger partial charge in [0, 0.05) is 28.2 Å². The summed E-state index contributed by atoms with van der Waals surface area (Å²) in [6, 6.07) is 23.7. The van der Waals surface area contributed by atoms with Gasteiger partial charge in [0.15, 0.2) is 0 Å². The van der Waals surface area contributed by atoms with Crippen LogP contribution in [0, 0.1) is 6.92 Å². The zero-order valence-electron chi connectivity index (χ0n) is 18.9. The van der Waals surface area contributed by atoms with E-state index in [1.807, 2.05) is 54.7 Å². The van der Waals surface area contributed by atoms with Gasteiger partial charge in [0.1, 0.15) is 18.4 Å². The summed E-state index contributed by atoms with van der Waals surface area (Å²) in [6.45, 7) is 2.56. The lowest BCUT2D eigenvalue weighted by Gasteiger charge is -2.16. The lowest BCUT2D eigenvalue weighted by atomic mass is 10.0. The summed E-state index contributed by atoms with van der Waals surface area (Å²) in [7, 11) is 0. The van der Waals surface area contributed by atoms with Gasteiger partial charge in [0.05, 0.1) is 12.3 Å². The van der Waals surface area contributed by atoms with Crippen LogP contribution >= 0.6 is 0 Å². The summed E-state index contributed by atoms with van der Waals surface area (Å²) in [4.78, 5) is 15.9. The van der Waals surface area contributed by atoms with Gasteiger partial charge in [-0.05, 0) is 31.0 Å². The smallest absolute Gasteiger partial charge is 0.258 e. The molecule has 7 heteroatoms. The molecule has 1 saturated heterocycles. The number of hydrazine groups is 1. The number of aromatic nitrogens is 1. The Labute approximate surface area is 198 Å². The molecule has 1 aliphatic rings. The lowest BCUT2D eigenvalue weighted by Crippen LogP contribution is -2.41. The van der Waals surface area contributed by atoms with E-state index in [4.69, 9.17) is 4.74 Å². The summed E-state index contributed by atoms with van der Waals surface area (Å²) < 4.78 is 6.12. The predicted molar refractivity (Wildman–Crippen MR) is 133 cm³/mol. The van der Waals surface area contributed by atoms with E-state index >= 15 is 0 Å². The van der Waals surface area contributed by atoms with E-state index in [0.717, 1.165) is 33.3 Å². The monoisotopic (exact) mass is 453 g/mol. The lowest BCUT2D eigenvalue weighted by molar-refractivity contribution is -0.122. The number of fused-ring (bicyclic) bond motifs is 1. The quantitative estimate of drug-likeness (QED) is 0.250. The van der Waals surface area contributed by atoms with Crippen LogP contribution in [-0.4, -0.2) is 23.1 Å². The number of H-pyrrole nitrogens is 1. The Hall–Kier alpha value is -3.94. The Balaban J connectivity index is 1.19. The molecule has 3 aromatic carbocycles. The molecule has 1 amide bonds. The van der Waals surface area contributed by atoms with Crippen LogP contribution in [0.25, 0.3) is 10.9 Å². The third kappa shape index (κ3) is 4.85. The van der Waals surface area contributed by atoms with Crippen LogP contribution < -0.4 is 21.0 Å². The van der Waals surface area contributed by atoms with Gasteiger partial charge in [0.25, 0.3) is 5.91 Å². The van der Waals surface area contributed by atoms with Crippen molar-refractivity contribution in [2.24, 2.45) is 5.10 Å². The topological polar surface area (TPSA) is 90.5 Å². The molecule has 2 atom stereocenters. The van der Waals surface area contributed by atoms with Gasteiger partial charge in [0.2, 0.25) is 0 Å². The number of rotatable bonds is 7. The third-order valence-corrected chi connectivity index (χ3v) is 6.03. The van der Waals surface area contributed by atoms with Crippen LogP contribution in [0.3, 0.4) is 0 Å². The Morgan fingerprint density at radius 1 is 1.06 bits per heavy atom. The fourth-order valence-corrected chi connectivity index (χ4v) is 4.12. The zero-order chi connectivity index (χ0) is 23.3. The van der Waals surface area contributed by atoms with Gasteiger partial charge >= 0.3 is 0 Å². The minimum absolute atomic E-state index is 0.0532. The zero-order valence-corrected chi connectivity index (χ0v) is 18.9. The van der Waals surface area contributed by atoms with Crippen molar-refractivity contribution >= 4 is 23.0 Å². The molecule has 7 nitrogen and oxygen atoms in total. The highest BCUT2D eigenvalue weighted by Gasteiger charge is 2.31.